The molecule has 1 N–H and O–H groups in total. The summed E-state index contributed by atoms with van der Waals surface area (Å²) in [5.41, 5.74) is 0.190. The Hall–Kier alpha value is -2.04. The molecule has 0 spiro atoms. The second-order valence-electron chi connectivity index (χ2n) is 6.74. The molecule has 5 heteroatoms. The van der Waals surface area contributed by atoms with Crippen LogP contribution in [0.3, 0.4) is 0 Å². The van der Waals surface area contributed by atoms with Crippen molar-refractivity contribution in [2.45, 2.75) is 52.7 Å². The minimum absolute atomic E-state index is 0.00109. The van der Waals surface area contributed by atoms with Crippen LogP contribution in [0.25, 0.3) is 0 Å². The van der Waals surface area contributed by atoms with Crippen molar-refractivity contribution in [3.05, 3.63) is 30.3 Å². The van der Waals surface area contributed by atoms with Gasteiger partial charge in [-0.2, -0.15) is 0 Å². The van der Waals surface area contributed by atoms with Gasteiger partial charge in [-0.25, -0.2) is 4.79 Å². The molecule has 1 aromatic rings. The first-order valence-electron chi connectivity index (χ1n) is 7.97. The quantitative estimate of drug-likeness (QED) is 0.902. The van der Waals surface area contributed by atoms with E-state index in [1.165, 1.54) is 0 Å². The fourth-order valence-corrected chi connectivity index (χ4v) is 2.11. The van der Waals surface area contributed by atoms with Gasteiger partial charge in [0.1, 0.15) is 11.6 Å². The number of rotatable bonds is 5. The van der Waals surface area contributed by atoms with Crippen molar-refractivity contribution in [2.75, 3.05) is 11.9 Å². The SMILES string of the molecule is CCC(C)C(NC(=O)OC(C)(C)C)C(=O)N(C)c1ccccc1. The van der Waals surface area contributed by atoms with E-state index in [0.29, 0.717) is 0 Å². The molecule has 0 aliphatic rings. The standard InChI is InChI=1S/C18H28N2O3/c1-7-13(2)15(19-17(22)23-18(3,4)5)16(21)20(6)14-11-9-8-10-12-14/h8-13,15H,7H2,1-6H3,(H,19,22). The highest BCUT2D eigenvalue weighted by molar-refractivity contribution is 5.98. The Kier molecular flexibility index (Phi) is 6.61. The minimum Gasteiger partial charge on any atom is -0.444 e. The molecule has 23 heavy (non-hydrogen) atoms. The summed E-state index contributed by atoms with van der Waals surface area (Å²) >= 11 is 0. The summed E-state index contributed by atoms with van der Waals surface area (Å²) in [7, 11) is 1.71. The molecule has 1 rings (SSSR count). The Morgan fingerprint density at radius 1 is 1.22 bits per heavy atom. The van der Waals surface area contributed by atoms with Gasteiger partial charge in [-0.3, -0.25) is 4.79 Å². The Morgan fingerprint density at radius 3 is 2.26 bits per heavy atom. The Morgan fingerprint density at radius 2 is 1.78 bits per heavy atom. The van der Waals surface area contributed by atoms with Crippen molar-refractivity contribution in [3.8, 4) is 0 Å². The van der Waals surface area contributed by atoms with Gasteiger partial charge in [0.2, 0.25) is 5.91 Å². The molecule has 0 saturated carbocycles. The van der Waals surface area contributed by atoms with Crippen LogP contribution in [0.1, 0.15) is 41.0 Å². The van der Waals surface area contributed by atoms with Crippen LogP contribution in [-0.2, 0) is 9.53 Å². The maximum Gasteiger partial charge on any atom is 0.408 e. The summed E-state index contributed by atoms with van der Waals surface area (Å²) in [5, 5.41) is 2.72. The van der Waals surface area contributed by atoms with Crippen molar-refractivity contribution in [1.29, 1.82) is 0 Å². The number of hydrogen-bond donors (Lipinski definition) is 1. The highest BCUT2D eigenvalue weighted by Gasteiger charge is 2.30. The number of alkyl carbamates (subject to hydrolysis) is 1. The summed E-state index contributed by atoms with van der Waals surface area (Å²) in [4.78, 5) is 26.4. The fourth-order valence-electron chi connectivity index (χ4n) is 2.11. The lowest BCUT2D eigenvalue weighted by Gasteiger charge is -2.29. The number of carbonyl (C=O) groups excluding carboxylic acids is 2. The summed E-state index contributed by atoms with van der Waals surface area (Å²) in [6.07, 6.45) is 0.201. The van der Waals surface area contributed by atoms with E-state index in [2.05, 4.69) is 5.32 Å². The van der Waals surface area contributed by atoms with Crippen LogP contribution in [0.15, 0.2) is 30.3 Å². The Bertz CT molecular complexity index is 523. The highest BCUT2D eigenvalue weighted by Crippen LogP contribution is 2.17. The second-order valence-corrected chi connectivity index (χ2v) is 6.74. The van der Waals surface area contributed by atoms with E-state index in [9.17, 15) is 9.59 Å². The number of para-hydroxylation sites is 1. The number of hydrogen-bond acceptors (Lipinski definition) is 3. The molecular formula is C18H28N2O3. The number of benzene rings is 1. The largest absolute Gasteiger partial charge is 0.444 e. The highest BCUT2D eigenvalue weighted by atomic mass is 16.6. The molecule has 128 valence electrons. The third-order valence-corrected chi connectivity index (χ3v) is 3.63. The van der Waals surface area contributed by atoms with Gasteiger partial charge in [0.25, 0.3) is 0 Å². The van der Waals surface area contributed by atoms with Gasteiger partial charge in [-0.1, -0.05) is 38.5 Å². The van der Waals surface area contributed by atoms with Gasteiger partial charge in [-0.15, -0.1) is 0 Å². The average Bonchev–Trinajstić information content (AvgIpc) is 2.49. The number of carbonyl (C=O) groups is 2. The number of nitrogens with one attached hydrogen (secondary N) is 1. The minimum atomic E-state index is -0.625. The van der Waals surface area contributed by atoms with E-state index < -0.39 is 17.7 Å². The lowest BCUT2D eigenvalue weighted by atomic mass is 9.98. The molecule has 0 saturated heterocycles. The Labute approximate surface area is 139 Å². The first-order chi connectivity index (χ1) is 10.7. The lowest BCUT2D eigenvalue weighted by Crippen LogP contribution is -2.51. The molecule has 5 nitrogen and oxygen atoms in total. The van der Waals surface area contributed by atoms with Crippen LogP contribution in [0.2, 0.25) is 0 Å². The fraction of sp³-hybridized carbons (Fsp3) is 0.556. The van der Waals surface area contributed by atoms with E-state index in [-0.39, 0.29) is 11.8 Å². The van der Waals surface area contributed by atoms with Crippen LogP contribution in [0.4, 0.5) is 10.5 Å². The molecule has 0 radical (unpaired) electrons. The molecule has 0 aliphatic carbocycles. The number of likely N-dealkylation sites (N-methyl/N-ethyl adjacent to an activating group) is 1. The maximum absolute atomic E-state index is 12.8. The molecule has 0 aromatic heterocycles. The number of amides is 2. The first-order valence-corrected chi connectivity index (χ1v) is 7.97. The summed E-state index contributed by atoms with van der Waals surface area (Å²) < 4.78 is 5.28. The lowest BCUT2D eigenvalue weighted by molar-refractivity contribution is -0.121. The molecule has 2 amide bonds. The zero-order chi connectivity index (χ0) is 17.6. The van der Waals surface area contributed by atoms with Crippen LogP contribution < -0.4 is 10.2 Å². The first kappa shape index (κ1) is 19.0. The normalized spacial score (nSPS) is 13.8. The molecular weight excluding hydrogens is 292 g/mol. The van der Waals surface area contributed by atoms with E-state index in [4.69, 9.17) is 4.74 Å². The van der Waals surface area contributed by atoms with Crippen LogP contribution in [0.5, 0.6) is 0 Å². The maximum atomic E-state index is 12.8. The third kappa shape index (κ3) is 5.93. The summed E-state index contributed by atoms with van der Waals surface area (Å²) in [6, 6.07) is 8.74. The zero-order valence-corrected chi connectivity index (χ0v) is 14.9. The van der Waals surface area contributed by atoms with Gasteiger partial charge in [-0.05, 0) is 38.8 Å². The van der Waals surface area contributed by atoms with Crippen LogP contribution in [0, 0.1) is 5.92 Å². The zero-order valence-electron chi connectivity index (χ0n) is 14.9. The van der Waals surface area contributed by atoms with Crippen molar-refractivity contribution < 1.29 is 14.3 Å². The molecule has 2 atom stereocenters. The Balaban J connectivity index is 2.89. The predicted molar refractivity (Wildman–Crippen MR) is 92.5 cm³/mol. The molecule has 0 aliphatic heterocycles. The van der Waals surface area contributed by atoms with Crippen LogP contribution in [-0.4, -0.2) is 30.7 Å². The molecule has 0 fully saturated rings. The van der Waals surface area contributed by atoms with Crippen LogP contribution >= 0.6 is 0 Å². The predicted octanol–water partition coefficient (Wildman–Crippen LogP) is 3.59. The van der Waals surface area contributed by atoms with Gasteiger partial charge >= 0.3 is 6.09 Å². The average molecular weight is 320 g/mol. The van der Waals surface area contributed by atoms with Gasteiger partial charge in [0, 0.05) is 12.7 Å². The molecule has 0 bridgehead atoms. The van der Waals surface area contributed by atoms with Crippen molar-refractivity contribution in [1.82, 2.24) is 5.32 Å². The van der Waals surface area contributed by atoms with Crippen molar-refractivity contribution in [2.24, 2.45) is 5.92 Å². The van der Waals surface area contributed by atoms with E-state index in [0.717, 1.165) is 12.1 Å². The summed E-state index contributed by atoms with van der Waals surface area (Å²) in [5.74, 6) is -0.155. The van der Waals surface area contributed by atoms with E-state index >= 15 is 0 Å². The third-order valence-electron chi connectivity index (χ3n) is 3.63. The summed E-state index contributed by atoms with van der Waals surface area (Å²) in [6.45, 7) is 9.32. The topological polar surface area (TPSA) is 58.6 Å². The van der Waals surface area contributed by atoms with E-state index in [1.807, 2.05) is 44.2 Å². The molecule has 2 unspecified atom stereocenters. The smallest absolute Gasteiger partial charge is 0.408 e. The molecule has 1 aromatic carbocycles. The van der Waals surface area contributed by atoms with Crippen molar-refractivity contribution in [3.63, 3.8) is 0 Å². The number of ether oxygens (including phenoxy) is 1. The molecule has 0 heterocycles. The van der Waals surface area contributed by atoms with Crippen molar-refractivity contribution >= 4 is 17.7 Å². The van der Waals surface area contributed by atoms with Gasteiger partial charge in [0.05, 0.1) is 0 Å². The van der Waals surface area contributed by atoms with Gasteiger partial charge in [0.15, 0.2) is 0 Å². The monoisotopic (exact) mass is 320 g/mol. The van der Waals surface area contributed by atoms with Gasteiger partial charge < -0.3 is 15.0 Å². The second kappa shape index (κ2) is 7.99. The number of anilines is 1. The number of nitrogens with zero attached hydrogens (tertiary/aromatic N) is 1. The van der Waals surface area contributed by atoms with E-state index in [1.54, 1.807) is 32.7 Å².